The van der Waals surface area contributed by atoms with Crippen LogP contribution in [0, 0.1) is 0 Å². The van der Waals surface area contributed by atoms with E-state index in [9.17, 15) is 0 Å². The molecule has 0 aliphatic carbocycles. The third-order valence-corrected chi connectivity index (χ3v) is 3.71. The highest BCUT2D eigenvalue weighted by Gasteiger charge is 2.13. The molecule has 0 spiro atoms. The monoisotopic (exact) mass is 319 g/mol. The van der Waals surface area contributed by atoms with Crippen molar-refractivity contribution in [3.05, 3.63) is 28.9 Å². The largest absolute Gasteiger partial charge is 0.497 e. The number of fused-ring (bicyclic) bond motifs is 2. The minimum absolute atomic E-state index is 0.268. The van der Waals surface area contributed by atoms with Crippen molar-refractivity contribution in [3.63, 3.8) is 0 Å². The van der Waals surface area contributed by atoms with Gasteiger partial charge in [0.15, 0.2) is 5.65 Å². The van der Waals surface area contributed by atoms with Crippen LogP contribution in [0.2, 0.25) is 0 Å². The van der Waals surface area contributed by atoms with Gasteiger partial charge in [-0.1, -0.05) is 0 Å². The zero-order chi connectivity index (χ0) is 13.6. The maximum Gasteiger partial charge on any atom is 0.159 e. The van der Waals surface area contributed by atoms with Gasteiger partial charge in [0.1, 0.15) is 10.4 Å². The molecule has 0 fully saturated rings. The first-order chi connectivity index (χ1) is 9.10. The second-order valence-electron chi connectivity index (χ2n) is 4.75. The Kier molecular flexibility index (Phi) is 2.93. The molecule has 2 aromatic heterocycles. The average molecular weight is 320 g/mol. The summed E-state index contributed by atoms with van der Waals surface area (Å²) >= 11 is 3.50. The van der Waals surface area contributed by atoms with Gasteiger partial charge < -0.3 is 4.74 Å². The van der Waals surface area contributed by atoms with Crippen molar-refractivity contribution in [3.8, 4) is 5.75 Å². The Bertz CT molecular complexity index is 764. The standard InChI is InChI=1S/C14H14BrN3O/c1-8(2)18-14-11(13(15)17-18)6-9-4-5-10(19-3)7-12(9)16-14/h4-8H,1-3H3. The van der Waals surface area contributed by atoms with Gasteiger partial charge in [-0.15, -0.1) is 0 Å². The van der Waals surface area contributed by atoms with Crippen molar-refractivity contribution >= 4 is 37.9 Å². The molecule has 0 saturated carbocycles. The van der Waals surface area contributed by atoms with Crippen molar-refractivity contribution in [2.24, 2.45) is 0 Å². The summed E-state index contributed by atoms with van der Waals surface area (Å²) < 4.78 is 8.01. The number of ether oxygens (including phenoxy) is 1. The minimum Gasteiger partial charge on any atom is -0.497 e. The third-order valence-electron chi connectivity index (χ3n) is 3.13. The highest BCUT2D eigenvalue weighted by molar-refractivity contribution is 9.10. The molecule has 3 rings (SSSR count). The number of aromatic nitrogens is 3. The molecule has 0 unspecified atom stereocenters. The summed E-state index contributed by atoms with van der Waals surface area (Å²) in [5.74, 6) is 0.814. The Balaban J connectivity index is 2.37. The van der Waals surface area contributed by atoms with Gasteiger partial charge in [-0.2, -0.15) is 5.10 Å². The van der Waals surface area contributed by atoms with Gasteiger partial charge in [0.2, 0.25) is 0 Å². The average Bonchev–Trinajstić information content (AvgIpc) is 2.73. The van der Waals surface area contributed by atoms with Crippen molar-refractivity contribution in [1.29, 1.82) is 0 Å². The van der Waals surface area contributed by atoms with Crippen LogP contribution < -0.4 is 4.74 Å². The van der Waals surface area contributed by atoms with E-state index in [-0.39, 0.29) is 6.04 Å². The van der Waals surface area contributed by atoms with Crippen LogP contribution in [0.1, 0.15) is 19.9 Å². The van der Waals surface area contributed by atoms with E-state index in [1.54, 1.807) is 7.11 Å². The maximum absolute atomic E-state index is 5.25. The molecule has 0 aliphatic rings. The Hall–Kier alpha value is -1.62. The number of benzene rings is 1. The molecular formula is C14H14BrN3O. The molecule has 0 bridgehead atoms. The van der Waals surface area contributed by atoms with E-state index in [1.807, 2.05) is 22.9 Å². The van der Waals surface area contributed by atoms with E-state index in [2.05, 4.69) is 40.9 Å². The Morgan fingerprint density at radius 1 is 1.26 bits per heavy atom. The summed E-state index contributed by atoms with van der Waals surface area (Å²) in [5.41, 5.74) is 1.81. The van der Waals surface area contributed by atoms with E-state index in [1.165, 1.54) is 0 Å². The Morgan fingerprint density at radius 3 is 2.74 bits per heavy atom. The lowest BCUT2D eigenvalue weighted by molar-refractivity contribution is 0.415. The molecule has 0 N–H and O–H groups in total. The lowest BCUT2D eigenvalue weighted by atomic mass is 10.2. The van der Waals surface area contributed by atoms with E-state index in [4.69, 9.17) is 9.72 Å². The van der Waals surface area contributed by atoms with Gasteiger partial charge in [-0.25, -0.2) is 9.67 Å². The molecule has 5 heteroatoms. The lowest BCUT2D eigenvalue weighted by Gasteiger charge is -2.07. The number of halogens is 1. The van der Waals surface area contributed by atoms with Crippen LogP contribution >= 0.6 is 15.9 Å². The Morgan fingerprint density at radius 2 is 2.05 bits per heavy atom. The molecule has 3 aromatic rings. The summed E-state index contributed by atoms with van der Waals surface area (Å²) in [6.45, 7) is 4.19. The zero-order valence-electron chi connectivity index (χ0n) is 11.0. The number of hydrogen-bond donors (Lipinski definition) is 0. The Labute approximate surface area is 119 Å². The van der Waals surface area contributed by atoms with Crippen molar-refractivity contribution in [1.82, 2.24) is 14.8 Å². The quantitative estimate of drug-likeness (QED) is 0.718. The molecule has 4 nitrogen and oxygen atoms in total. The summed E-state index contributed by atoms with van der Waals surface area (Å²) in [7, 11) is 1.66. The second-order valence-corrected chi connectivity index (χ2v) is 5.50. The smallest absolute Gasteiger partial charge is 0.159 e. The molecule has 2 heterocycles. The first kappa shape index (κ1) is 12.4. The van der Waals surface area contributed by atoms with E-state index < -0.39 is 0 Å². The van der Waals surface area contributed by atoms with Crippen LogP contribution in [-0.4, -0.2) is 21.9 Å². The fraction of sp³-hybridized carbons (Fsp3) is 0.286. The molecule has 0 atom stereocenters. The SMILES string of the molecule is COc1ccc2cc3c(Br)nn(C(C)C)c3nc2c1. The number of nitrogens with zero attached hydrogens (tertiary/aromatic N) is 3. The first-order valence-corrected chi connectivity index (χ1v) is 6.92. The minimum atomic E-state index is 0.268. The topological polar surface area (TPSA) is 39.9 Å². The fourth-order valence-corrected chi connectivity index (χ4v) is 2.61. The highest BCUT2D eigenvalue weighted by atomic mass is 79.9. The zero-order valence-corrected chi connectivity index (χ0v) is 12.6. The van der Waals surface area contributed by atoms with Crippen LogP contribution in [0.15, 0.2) is 28.9 Å². The second kappa shape index (κ2) is 4.49. The third kappa shape index (κ3) is 1.98. The molecule has 0 saturated heterocycles. The highest BCUT2D eigenvalue weighted by Crippen LogP contribution is 2.29. The van der Waals surface area contributed by atoms with Gasteiger partial charge in [0, 0.05) is 17.5 Å². The summed E-state index contributed by atoms with van der Waals surface area (Å²) in [4.78, 5) is 4.72. The molecule has 0 radical (unpaired) electrons. The van der Waals surface area contributed by atoms with Crippen LogP contribution in [0.5, 0.6) is 5.75 Å². The molecule has 0 aliphatic heterocycles. The van der Waals surface area contributed by atoms with E-state index in [0.717, 1.165) is 32.3 Å². The number of rotatable bonds is 2. The number of pyridine rings is 1. The normalized spacial score (nSPS) is 11.6. The van der Waals surface area contributed by atoms with Crippen molar-refractivity contribution < 1.29 is 4.74 Å². The fourth-order valence-electron chi connectivity index (χ4n) is 2.15. The lowest BCUT2D eigenvalue weighted by Crippen LogP contribution is -2.03. The number of methoxy groups -OCH3 is 1. The van der Waals surface area contributed by atoms with Crippen molar-refractivity contribution in [2.45, 2.75) is 19.9 Å². The summed E-state index contributed by atoms with van der Waals surface area (Å²) in [6, 6.07) is 8.27. The maximum atomic E-state index is 5.25. The van der Waals surface area contributed by atoms with Gasteiger partial charge in [-0.3, -0.25) is 0 Å². The predicted molar refractivity (Wildman–Crippen MR) is 79.7 cm³/mol. The molecule has 19 heavy (non-hydrogen) atoms. The molecule has 0 amide bonds. The molecule has 98 valence electrons. The van der Waals surface area contributed by atoms with Crippen molar-refractivity contribution in [2.75, 3.05) is 7.11 Å². The number of hydrogen-bond acceptors (Lipinski definition) is 3. The van der Waals surface area contributed by atoms with Crippen LogP contribution in [0.3, 0.4) is 0 Å². The van der Waals surface area contributed by atoms with E-state index >= 15 is 0 Å². The first-order valence-electron chi connectivity index (χ1n) is 6.12. The van der Waals surface area contributed by atoms with Gasteiger partial charge in [-0.05, 0) is 48.0 Å². The van der Waals surface area contributed by atoms with Crippen LogP contribution in [0.25, 0.3) is 21.9 Å². The van der Waals surface area contributed by atoms with Gasteiger partial charge >= 0.3 is 0 Å². The summed E-state index contributed by atoms with van der Waals surface area (Å²) in [6.07, 6.45) is 0. The van der Waals surface area contributed by atoms with Gasteiger partial charge in [0.25, 0.3) is 0 Å². The van der Waals surface area contributed by atoms with Crippen LogP contribution in [-0.2, 0) is 0 Å². The summed E-state index contributed by atoms with van der Waals surface area (Å²) in [5, 5.41) is 6.61. The van der Waals surface area contributed by atoms with Gasteiger partial charge in [0.05, 0.1) is 18.0 Å². The predicted octanol–water partition coefficient (Wildman–Crippen LogP) is 3.94. The molecule has 1 aromatic carbocycles. The molecular weight excluding hydrogens is 306 g/mol. The van der Waals surface area contributed by atoms with Crippen LogP contribution in [0.4, 0.5) is 0 Å². The van der Waals surface area contributed by atoms with E-state index in [0.29, 0.717) is 0 Å².